The average Bonchev–Trinajstić information content (AvgIpc) is 3.20. The van der Waals surface area contributed by atoms with Crippen LogP contribution in [0.2, 0.25) is 0 Å². The molecule has 1 aromatic heterocycles. The van der Waals surface area contributed by atoms with Gasteiger partial charge < -0.3 is 10.1 Å². The van der Waals surface area contributed by atoms with Gasteiger partial charge in [0, 0.05) is 12.6 Å². The molecule has 0 atom stereocenters. The Morgan fingerprint density at radius 2 is 2.05 bits per heavy atom. The van der Waals surface area contributed by atoms with Crippen LogP contribution in [0.4, 0.5) is 0 Å². The van der Waals surface area contributed by atoms with Crippen LogP contribution in [0.15, 0.2) is 18.3 Å². The van der Waals surface area contributed by atoms with Gasteiger partial charge >= 0.3 is 0 Å². The van der Waals surface area contributed by atoms with Crippen molar-refractivity contribution in [3.8, 4) is 5.75 Å². The number of pyridine rings is 1. The number of hydrogen-bond donors (Lipinski definition) is 1. The zero-order valence-electron chi connectivity index (χ0n) is 12.9. The van der Waals surface area contributed by atoms with Gasteiger partial charge in [-0.2, -0.15) is 0 Å². The molecule has 0 amide bonds. The molecule has 0 unspecified atom stereocenters. The Labute approximate surface area is 127 Å². The van der Waals surface area contributed by atoms with Crippen LogP contribution in [-0.2, 0) is 16.4 Å². The summed E-state index contributed by atoms with van der Waals surface area (Å²) in [5.74, 6) is 0.621. The van der Waals surface area contributed by atoms with E-state index in [-0.39, 0.29) is 12.4 Å². The summed E-state index contributed by atoms with van der Waals surface area (Å²) in [5, 5.41) is 3.39. The molecule has 21 heavy (non-hydrogen) atoms. The average molecular weight is 312 g/mol. The summed E-state index contributed by atoms with van der Waals surface area (Å²) in [6, 6.07) is 4.40. The first-order chi connectivity index (χ1) is 9.78. The second-order valence-electron chi connectivity index (χ2n) is 6.42. The van der Waals surface area contributed by atoms with E-state index >= 15 is 0 Å². The molecule has 1 aliphatic rings. The molecule has 1 heterocycles. The molecule has 1 fully saturated rings. The van der Waals surface area contributed by atoms with Crippen LogP contribution >= 0.6 is 0 Å². The molecule has 1 aromatic rings. The number of rotatable bonds is 7. The first kappa shape index (κ1) is 16.2. The Balaban J connectivity index is 1.78. The molecule has 0 saturated heterocycles. The lowest BCUT2D eigenvalue weighted by atomic mass is 10.3. The van der Waals surface area contributed by atoms with Gasteiger partial charge in [0.15, 0.2) is 9.84 Å². The number of sulfone groups is 1. The van der Waals surface area contributed by atoms with Crippen LogP contribution in [0.25, 0.3) is 0 Å². The fraction of sp³-hybridized carbons (Fsp3) is 0.667. The Morgan fingerprint density at radius 1 is 1.33 bits per heavy atom. The molecule has 0 aliphatic heterocycles. The molecule has 5 nitrogen and oxygen atoms in total. The summed E-state index contributed by atoms with van der Waals surface area (Å²) in [7, 11) is -3.14. The standard InChI is InChI=1S/C15H24N2O3S/c1-15(2,3)21(18,19)9-8-20-14-7-6-13(17-11-14)10-16-12-4-5-12/h6-7,11-12,16H,4-5,8-10H2,1-3H3. The van der Waals surface area contributed by atoms with E-state index in [1.807, 2.05) is 12.1 Å². The number of nitrogens with zero attached hydrogens (tertiary/aromatic N) is 1. The van der Waals surface area contributed by atoms with Crippen molar-refractivity contribution in [3.63, 3.8) is 0 Å². The summed E-state index contributed by atoms with van der Waals surface area (Å²) < 4.78 is 28.6. The van der Waals surface area contributed by atoms with E-state index in [9.17, 15) is 8.42 Å². The van der Waals surface area contributed by atoms with E-state index in [0.29, 0.717) is 11.8 Å². The highest BCUT2D eigenvalue weighted by molar-refractivity contribution is 7.92. The van der Waals surface area contributed by atoms with E-state index in [4.69, 9.17) is 4.74 Å². The second kappa shape index (κ2) is 6.32. The van der Waals surface area contributed by atoms with Crippen molar-refractivity contribution in [2.75, 3.05) is 12.4 Å². The third kappa shape index (κ3) is 4.97. The lowest BCUT2D eigenvalue weighted by Gasteiger charge is -2.19. The molecule has 118 valence electrons. The predicted molar refractivity (Wildman–Crippen MR) is 83.1 cm³/mol. The molecule has 1 aliphatic carbocycles. The minimum atomic E-state index is -3.14. The fourth-order valence-electron chi connectivity index (χ4n) is 1.71. The van der Waals surface area contributed by atoms with E-state index in [1.54, 1.807) is 27.0 Å². The fourth-order valence-corrected chi connectivity index (χ4v) is 2.63. The summed E-state index contributed by atoms with van der Waals surface area (Å²) in [6.07, 6.45) is 4.15. The van der Waals surface area contributed by atoms with Crippen LogP contribution < -0.4 is 10.1 Å². The topological polar surface area (TPSA) is 68.3 Å². The van der Waals surface area contributed by atoms with Crippen molar-refractivity contribution in [1.29, 1.82) is 0 Å². The van der Waals surface area contributed by atoms with Crippen molar-refractivity contribution >= 4 is 9.84 Å². The minimum Gasteiger partial charge on any atom is -0.491 e. The third-order valence-electron chi connectivity index (χ3n) is 3.50. The zero-order valence-corrected chi connectivity index (χ0v) is 13.7. The number of nitrogens with one attached hydrogen (secondary N) is 1. The van der Waals surface area contributed by atoms with E-state index < -0.39 is 14.6 Å². The summed E-state index contributed by atoms with van der Waals surface area (Å²) in [4.78, 5) is 4.31. The lowest BCUT2D eigenvalue weighted by molar-refractivity contribution is 0.338. The number of ether oxygens (including phenoxy) is 1. The van der Waals surface area contributed by atoms with Gasteiger partial charge in [-0.25, -0.2) is 8.42 Å². The molecular weight excluding hydrogens is 288 g/mol. The maximum atomic E-state index is 11.9. The van der Waals surface area contributed by atoms with Gasteiger partial charge in [0.25, 0.3) is 0 Å². The Bertz CT molecular complexity index is 558. The lowest BCUT2D eigenvalue weighted by Crippen LogP contribution is -2.32. The van der Waals surface area contributed by atoms with Gasteiger partial charge in [-0.05, 0) is 45.7 Å². The van der Waals surface area contributed by atoms with Gasteiger partial charge in [-0.15, -0.1) is 0 Å². The minimum absolute atomic E-state index is 0.0154. The first-order valence-corrected chi connectivity index (χ1v) is 8.96. The van der Waals surface area contributed by atoms with Crippen molar-refractivity contribution < 1.29 is 13.2 Å². The van der Waals surface area contributed by atoms with Gasteiger partial charge in [0.1, 0.15) is 12.4 Å². The summed E-state index contributed by atoms with van der Waals surface area (Å²) >= 11 is 0. The van der Waals surface area contributed by atoms with Crippen molar-refractivity contribution in [3.05, 3.63) is 24.0 Å². The molecule has 6 heteroatoms. The summed E-state index contributed by atoms with van der Waals surface area (Å²) in [6.45, 7) is 6.02. The highest BCUT2D eigenvalue weighted by atomic mass is 32.2. The van der Waals surface area contributed by atoms with Crippen LogP contribution in [0.1, 0.15) is 39.3 Å². The molecule has 1 N–H and O–H groups in total. The zero-order chi connectivity index (χ0) is 15.5. The predicted octanol–water partition coefficient (Wildman–Crippen LogP) is 1.93. The van der Waals surface area contributed by atoms with Gasteiger partial charge in [0.2, 0.25) is 0 Å². The van der Waals surface area contributed by atoms with Gasteiger partial charge in [0.05, 0.1) is 22.4 Å². The van der Waals surface area contributed by atoms with Crippen LogP contribution in [0.5, 0.6) is 5.75 Å². The second-order valence-corrected chi connectivity index (χ2v) is 9.28. The van der Waals surface area contributed by atoms with Crippen molar-refractivity contribution in [1.82, 2.24) is 10.3 Å². The molecule has 0 bridgehead atoms. The van der Waals surface area contributed by atoms with Crippen molar-refractivity contribution in [2.45, 2.75) is 50.9 Å². The smallest absolute Gasteiger partial charge is 0.158 e. The van der Waals surface area contributed by atoms with Crippen LogP contribution in [0.3, 0.4) is 0 Å². The highest BCUT2D eigenvalue weighted by Gasteiger charge is 2.28. The highest BCUT2D eigenvalue weighted by Crippen LogP contribution is 2.19. The molecule has 0 radical (unpaired) electrons. The van der Waals surface area contributed by atoms with Crippen LogP contribution in [-0.4, -0.2) is 36.6 Å². The van der Waals surface area contributed by atoms with E-state index in [1.165, 1.54) is 12.8 Å². The largest absolute Gasteiger partial charge is 0.491 e. The SMILES string of the molecule is CC(C)(C)S(=O)(=O)CCOc1ccc(CNC2CC2)nc1. The molecule has 2 rings (SSSR count). The van der Waals surface area contributed by atoms with Crippen molar-refractivity contribution in [2.24, 2.45) is 0 Å². The number of hydrogen-bond acceptors (Lipinski definition) is 5. The van der Waals surface area contributed by atoms with Crippen LogP contribution in [0, 0.1) is 0 Å². The molecular formula is C15H24N2O3S. The first-order valence-electron chi connectivity index (χ1n) is 7.31. The molecule has 1 saturated carbocycles. The number of aromatic nitrogens is 1. The Kier molecular flexibility index (Phi) is 4.88. The van der Waals surface area contributed by atoms with E-state index in [2.05, 4.69) is 10.3 Å². The van der Waals surface area contributed by atoms with Gasteiger partial charge in [-0.1, -0.05) is 0 Å². The monoisotopic (exact) mass is 312 g/mol. The third-order valence-corrected chi connectivity index (χ3v) is 6.07. The molecule has 0 aromatic carbocycles. The Hall–Kier alpha value is -1.14. The maximum Gasteiger partial charge on any atom is 0.158 e. The quantitative estimate of drug-likeness (QED) is 0.833. The maximum absolute atomic E-state index is 11.9. The van der Waals surface area contributed by atoms with E-state index in [0.717, 1.165) is 12.2 Å². The van der Waals surface area contributed by atoms with Gasteiger partial charge in [-0.3, -0.25) is 4.98 Å². The summed E-state index contributed by atoms with van der Waals surface area (Å²) in [5.41, 5.74) is 0.969. The molecule has 0 spiro atoms. The Morgan fingerprint density at radius 3 is 2.57 bits per heavy atom. The normalized spacial score (nSPS) is 16.0.